The summed E-state index contributed by atoms with van der Waals surface area (Å²) in [6.07, 6.45) is 0. The Morgan fingerprint density at radius 3 is 1.57 bits per heavy atom. The molecule has 3 nitrogen and oxygen atoms in total. The van der Waals surface area contributed by atoms with Gasteiger partial charge in [-0.25, -0.2) is 9.97 Å². The molecule has 11 rings (SSSR count). The summed E-state index contributed by atoms with van der Waals surface area (Å²) in [7, 11) is 0. The summed E-state index contributed by atoms with van der Waals surface area (Å²) in [4.78, 5) is 10.5. The molecule has 2 heterocycles. The van der Waals surface area contributed by atoms with Crippen LogP contribution in [0.2, 0.25) is 0 Å². The van der Waals surface area contributed by atoms with Crippen molar-refractivity contribution in [3.63, 3.8) is 0 Å². The molecule has 0 saturated heterocycles. The predicted octanol–water partition coefficient (Wildman–Crippen LogP) is 13.3. The fourth-order valence-corrected chi connectivity index (χ4v) is 8.92. The molecule has 0 fully saturated rings. The molecule has 0 N–H and O–H groups in total. The lowest BCUT2D eigenvalue weighted by molar-refractivity contribution is 0.436. The number of hydrogen-bond donors (Lipinski definition) is 0. The molecule has 262 valence electrons. The summed E-state index contributed by atoms with van der Waals surface area (Å²) in [5, 5.41) is 0. The van der Waals surface area contributed by atoms with Gasteiger partial charge in [-0.1, -0.05) is 176 Å². The third-order valence-corrected chi connectivity index (χ3v) is 11.4. The Labute approximate surface area is 326 Å². The summed E-state index contributed by atoms with van der Waals surface area (Å²) in [6.45, 7) is 0. The second-order valence-corrected chi connectivity index (χ2v) is 14.5. The van der Waals surface area contributed by atoms with Crippen LogP contribution in [0, 0.1) is 0 Å². The van der Waals surface area contributed by atoms with Crippen molar-refractivity contribution in [1.29, 1.82) is 0 Å². The van der Waals surface area contributed by atoms with Gasteiger partial charge in [0.25, 0.3) is 0 Å². The maximum Gasteiger partial charge on any atom is 0.160 e. The van der Waals surface area contributed by atoms with Crippen molar-refractivity contribution in [2.45, 2.75) is 5.41 Å². The summed E-state index contributed by atoms with van der Waals surface area (Å²) >= 11 is 0. The summed E-state index contributed by atoms with van der Waals surface area (Å²) < 4.78 is 6.75. The zero-order chi connectivity index (χ0) is 37.1. The van der Waals surface area contributed by atoms with Crippen molar-refractivity contribution >= 4 is 0 Å². The third-order valence-electron chi connectivity index (χ3n) is 11.4. The molecule has 1 aromatic heterocycles. The smallest absolute Gasteiger partial charge is 0.160 e. The van der Waals surface area contributed by atoms with Crippen molar-refractivity contribution in [2.75, 3.05) is 0 Å². The first-order valence-electron chi connectivity index (χ1n) is 19.1. The highest BCUT2D eigenvalue weighted by Gasteiger charge is 2.51. The van der Waals surface area contributed by atoms with E-state index in [0.29, 0.717) is 5.82 Å². The topological polar surface area (TPSA) is 35.0 Å². The van der Waals surface area contributed by atoms with Gasteiger partial charge >= 0.3 is 0 Å². The normalized spacial score (nSPS) is 12.9. The van der Waals surface area contributed by atoms with Crippen LogP contribution in [0.4, 0.5) is 0 Å². The van der Waals surface area contributed by atoms with Crippen LogP contribution in [0.25, 0.3) is 67.3 Å². The highest BCUT2D eigenvalue weighted by atomic mass is 16.5. The van der Waals surface area contributed by atoms with E-state index < -0.39 is 5.41 Å². The molecule has 2 aliphatic rings. The minimum absolute atomic E-state index is 0.547. The number of rotatable bonds is 5. The van der Waals surface area contributed by atoms with Gasteiger partial charge < -0.3 is 4.74 Å². The lowest BCUT2D eigenvalue weighted by atomic mass is 9.65. The van der Waals surface area contributed by atoms with Crippen molar-refractivity contribution in [1.82, 2.24) is 9.97 Å². The molecule has 1 aliphatic carbocycles. The third kappa shape index (κ3) is 4.98. The molecule has 0 atom stereocenters. The van der Waals surface area contributed by atoms with Crippen molar-refractivity contribution in [2.24, 2.45) is 0 Å². The van der Waals surface area contributed by atoms with Gasteiger partial charge in [0.1, 0.15) is 11.5 Å². The highest BCUT2D eigenvalue weighted by molar-refractivity contribution is 5.91. The van der Waals surface area contributed by atoms with Crippen molar-refractivity contribution in [3.05, 3.63) is 229 Å². The number of hydrogen-bond acceptors (Lipinski definition) is 3. The van der Waals surface area contributed by atoms with Gasteiger partial charge in [-0.3, -0.25) is 0 Å². The first-order valence-corrected chi connectivity index (χ1v) is 19.1. The Morgan fingerprint density at radius 2 is 0.839 bits per heavy atom. The molecule has 0 bridgehead atoms. The molecule has 8 aromatic carbocycles. The van der Waals surface area contributed by atoms with E-state index in [4.69, 9.17) is 14.7 Å². The fourth-order valence-electron chi connectivity index (χ4n) is 8.92. The van der Waals surface area contributed by atoms with E-state index in [1.807, 2.05) is 12.1 Å². The Bertz CT molecular complexity index is 2910. The van der Waals surface area contributed by atoms with E-state index in [1.54, 1.807) is 0 Å². The van der Waals surface area contributed by atoms with Gasteiger partial charge in [-0.2, -0.15) is 0 Å². The van der Waals surface area contributed by atoms with E-state index in [-0.39, 0.29) is 0 Å². The molecule has 0 amide bonds. The number of aromatic nitrogens is 2. The van der Waals surface area contributed by atoms with Gasteiger partial charge in [0.15, 0.2) is 5.82 Å². The number of nitrogens with zero attached hydrogens (tertiary/aromatic N) is 2. The van der Waals surface area contributed by atoms with Crippen LogP contribution in [-0.4, -0.2) is 9.97 Å². The van der Waals surface area contributed by atoms with E-state index in [9.17, 15) is 0 Å². The van der Waals surface area contributed by atoms with Crippen molar-refractivity contribution < 1.29 is 4.74 Å². The van der Waals surface area contributed by atoms with Gasteiger partial charge in [0.05, 0.1) is 16.8 Å². The Morgan fingerprint density at radius 1 is 0.304 bits per heavy atom. The van der Waals surface area contributed by atoms with Crippen LogP contribution >= 0.6 is 0 Å². The van der Waals surface area contributed by atoms with Crippen LogP contribution in [-0.2, 0) is 5.41 Å². The zero-order valence-corrected chi connectivity index (χ0v) is 30.4. The standard InChI is InChI=1S/C53H34N2O/c1-3-16-35(17-4-1)37-20-15-21-39(32-37)52-54-48(36-18-5-2-6-19-36)34-49(55-52)43-25-8-7-22-40(43)38-30-31-51-47(33-38)53(46-28-13-14-29-50(46)56-51)44-26-11-9-23-41(44)42-24-10-12-27-45(42)53/h1-34H. The molecule has 56 heavy (non-hydrogen) atoms. The first kappa shape index (κ1) is 32.1. The molecular weight excluding hydrogens is 681 g/mol. The predicted molar refractivity (Wildman–Crippen MR) is 227 cm³/mol. The maximum absolute atomic E-state index is 6.75. The molecule has 0 radical (unpaired) electrons. The van der Waals surface area contributed by atoms with Crippen LogP contribution in [0.15, 0.2) is 206 Å². The lowest BCUT2D eigenvalue weighted by Crippen LogP contribution is -2.32. The van der Waals surface area contributed by atoms with E-state index in [1.165, 1.54) is 22.3 Å². The average molecular weight is 715 g/mol. The number of para-hydroxylation sites is 1. The number of fused-ring (bicyclic) bond motifs is 9. The van der Waals surface area contributed by atoms with E-state index in [2.05, 4.69) is 194 Å². The van der Waals surface area contributed by atoms with E-state index in [0.717, 1.165) is 73.0 Å². The highest BCUT2D eigenvalue weighted by Crippen LogP contribution is 2.62. The number of benzene rings is 8. The molecule has 3 heteroatoms. The summed E-state index contributed by atoms with van der Waals surface area (Å²) in [5.41, 5.74) is 16.0. The van der Waals surface area contributed by atoms with E-state index >= 15 is 0 Å². The first-order chi connectivity index (χ1) is 27.8. The quantitative estimate of drug-likeness (QED) is 0.178. The van der Waals surface area contributed by atoms with Gasteiger partial charge in [0.2, 0.25) is 0 Å². The van der Waals surface area contributed by atoms with Gasteiger partial charge in [0, 0.05) is 27.8 Å². The van der Waals surface area contributed by atoms with Gasteiger partial charge in [-0.05, 0) is 74.8 Å². The van der Waals surface area contributed by atoms with Crippen molar-refractivity contribution in [3.8, 4) is 78.8 Å². The summed E-state index contributed by atoms with van der Waals surface area (Å²) in [5.74, 6) is 2.44. The Hall–Kier alpha value is -7.36. The molecule has 0 saturated carbocycles. The SMILES string of the molecule is c1ccc(-c2cccc(-c3nc(-c4ccccc4)cc(-c4ccccc4-c4ccc5c(c4)C4(c6ccccc6O5)c5ccccc5-c5ccccc54)n3)c2)cc1. The average Bonchev–Trinajstić information content (AvgIpc) is 3.57. The minimum atomic E-state index is -0.547. The Balaban J connectivity index is 1.12. The monoisotopic (exact) mass is 714 g/mol. The van der Waals surface area contributed by atoms with Crippen LogP contribution in [0.3, 0.4) is 0 Å². The largest absolute Gasteiger partial charge is 0.457 e. The second kappa shape index (κ2) is 12.9. The second-order valence-electron chi connectivity index (χ2n) is 14.5. The van der Waals surface area contributed by atoms with Crippen LogP contribution in [0.5, 0.6) is 11.5 Å². The molecule has 1 spiro atoms. The molecule has 0 unspecified atom stereocenters. The molecule has 1 aliphatic heterocycles. The lowest BCUT2D eigenvalue weighted by Gasteiger charge is -2.39. The number of ether oxygens (including phenoxy) is 1. The summed E-state index contributed by atoms with van der Waals surface area (Å²) in [6, 6.07) is 73.0. The molecule has 9 aromatic rings. The van der Waals surface area contributed by atoms with Crippen LogP contribution in [0.1, 0.15) is 22.3 Å². The Kier molecular flexibility index (Phi) is 7.39. The maximum atomic E-state index is 6.75. The zero-order valence-electron chi connectivity index (χ0n) is 30.4. The fraction of sp³-hybridized carbons (Fsp3) is 0.0189. The van der Waals surface area contributed by atoms with Gasteiger partial charge in [-0.15, -0.1) is 0 Å². The van der Waals surface area contributed by atoms with Crippen LogP contribution < -0.4 is 4.74 Å². The minimum Gasteiger partial charge on any atom is -0.457 e. The molecular formula is C53H34N2O.